The highest BCUT2D eigenvalue weighted by Gasteiger charge is 2.52. The van der Waals surface area contributed by atoms with E-state index in [0.717, 1.165) is 12.1 Å². The fourth-order valence-corrected chi connectivity index (χ4v) is 2.62. The first-order chi connectivity index (χ1) is 13.5. The summed E-state index contributed by atoms with van der Waals surface area (Å²) >= 11 is 0. The summed E-state index contributed by atoms with van der Waals surface area (Å²) in [7, 11) is -0.959. The summed E-state index contributed by atoms with van der Waals surface area (Å²) in [5.41, 5.74) is -2.69. The molecule has 0 atom stereocenters. The van der Waals surface area contributed by atoms with Crippen molar-refractivity contribution in [1.82, 2.24) is 5.32 Å². The van der Waals surface area contributed by atoms with Gasteiger partial charge in [0.15, 0.2) is 0 Å². The number of nitrogens with one attached hydrogen (secondary N) is 1. The minimum Gasteiger partial charge on any atom is -0.492 e. The molecule has 0 unspecified atom stereocenters. The lowest BCUT2D eigenvalue weighted by Gasteiger charge is -2.32. The van der Waals surface area contributed by atoms with Gasteiger partial charge in [-0.25, -0.2) is 4.79 Å². The third kappa shape index (κ3) is 6.28. The van der Waals surface area contributed by atoms with E-state index in [9.17, 15) is 18.0 Å². The van der Waals surface area contributed by atoms with E-state index in [1.165, 1.54) is 6.07 Å². The number of alkyl carbamates (subject to hydrolysis) is 1. The van der Waals surface area contributed by atoms with Crippen molar-refractivity contribution in [2.24, 2.45) is 0 Å². The first kappa shape index (κ1) is 24.3. The Morgan fingerprint density at radius 1 is 1.07 bits per heavy atom. The molecular formula is C20H29BF3NO5. The van der Waals surface area contributed by atoms with Crippen LogP contribution in [0.15, 0.2) is 18.2 Å². The van der Waals surface area contributed by atoms with Crippen LogP contribution in [0.3, 0.4) is 0 Å². The highest BCUT2D eigenvalue weighted by atomic mass is 19.4. The quantitative estimate of drug-likeness (QED) is 0.566. The Balaban J connectivity index is 2.11. The van der Waals surface area contributed by atoms with Gasteiger partial charge in [0.25, 0.3) is 0 Å². The molecular weight excluding hydrogens is 402 g/mol. The number of alkyl halides is 3. The van der Waals surface area contributed by atoms with E-state index in [0.29, 0.717) is 0 Å². The number of hydrogen-bond donors (Lipinski definition) is 1. The molecule has 1 heterocycles. The molecule has 10 heteroatoms. The molecule has 0 aromatic heterocycles. The van der Waals surface area contributed by atoms with E-state index < -0.39 is 41.8 Å². The third-order valence-electron chi connectivity index (χ3n) is 4.82. The van der Waals surface area contributed by atoms with Crippen LogP contribution in [0.5, 0.6) is 5.75 Å². The Bertz CT molecular complexity index is 759. The van der Waals surface area contributed by atoms with Gasteiger partial charge in [0.05, 0.1) is 23.3 Å². The lowest BCUT2D eigenvalue weighted by atomic mass is 9.78. The fraction of sp³-hybridized carbons (Fsp3) is 0.650. The lowest BCUT2D eigenvalue weighted by molar-refractivity contribution is -0.137. The second kappa shape index (κ2) is 8.30. The summed E-state index contributed by atoms with van der Waals surface area (Å²) in [5.74, 6) is 0.000487. The summed E-state index contributed by atoms with van der Waals surface area (Å²) in [6.07, 6.45) is -5.19. The van der Waals surface area contributed by atoms with Gasteiger partial charge >= 0.3 is 19.4 Å². The molecule has 1 aromatic rings. The summed E-state index contributed by atoms with van der Waals surface area (Å²) in [6.45, 7) is 12.5. The fourth-order valence-electron chi connectivity index (χ4n) is 2.62. The number of rotatable bonds is 5. The van der Waals surface area contributed by atoms with Crippen LogP contribution < -0.4 is 15.5 Å². The smallest absolute Gasteiger partial charge is 0.492 e. The van der Waals surface area contributed by atoms with Gasteiger partial charge in [0.1, 0.15) is 18.0 Å². The number of carbonyl (C=O) groups is 1. The summed E-state index contributed by atoms with van der Waals surface area (Å²) in [5, 5.41) is 2.49. The third-order valence-corrected chi connectivity index (χ3v) is 4.82. The van der Waals surface area contributed by atoms with E-state index in [2.05, 4.69) is 5.32 Å². The molecule has 1 N–H and O–H groups in total. The number of hydrogen-bond acceptors (Lipinski definition) is 5. The molecule has 6 nitrogen and oxygen atoms in total. The molecule has 1 aromatic carbocycles. The first-order valence-electron chi connectivity index (χ1n) is 9.68. The summed E-state index contributed by atoms with van der Waals surface area (Å²) in [4.78, 5) is 11.6. The molecule has 0 aliphatic carbocycles. The molecule has 30 heavy (non-hydrogen) atoms. The van der Waals surface area contributed by atoms with Gasteiger partial charge < -0.3 is 24.1 Å². The number of ether oxygens (including phenoxy) is 2. The molecule has 168 valence electrons. The largest absolute Gasteiger partial charge is 0.494 e. The molecule has 1 amide bonds. The summed E-state index contributed by atoms with van der Waals surface area (Å²) in [6, 6.07) is 3.35. The standard InChI is InChI=1S/C20H29BF3NO5/c1-17(2,3)28-16(26)25-8-9-27-15-11-13(20(22,23)24)10-14(12-15)21-29-18(4,5)19(6,7)30-21/h10-12H,8-9H2,1-7H3,(H,25,26). The Labute approximate surface area is 175 Å². The molecule has 2 rings (SSSR count). The summed E-state index contributed by atoms with van der Waals surface area (Å²) < 4.78 is 62.4. The number of halogens is 3. The minimum absolute atomic E-state index is 0.000487. The molecule has 1 saturated heterocycles. The molecule has 0 spiro atoms. The van der Waals surface area contributed by atoms with Crippen molar-refractivity contribution >= 4 is 18.7 Å². The normalized spacial score (nSPS) is 18.3. The molecule has 1 aliphatic rings. The predicted octanol–water partition coefficient (Wildman–Crippen LogP) is 3.91. The second-order valence-corrected chi connectivity index (χ2v) is 9.15. The number of carbonyl (C=O) groups excluding carboxylic acids is 1. The van der Waals surface area contributed by atoms with Gasteiger partial charge in [-0.2, -0.15) is 13.2 Å². The van der Waals surface area contributed by atoms with Crippen molar-refractivity contribution in [1.29, 1.82) is 0 Å². The van der Waals surface area contributed by atoms with Crippen LogP contribution in [-0.4, -0.2) is 43.2 Å². The lowest BCUT2D eigenvalue weighted by Crippen LogP contribution is -2.41. The second-order valence-electron chi connectivity index (χ2n) is 9.15. The van der Waals surface area contributed by atoms with E-state index in [1.54, 1.807) is 20.8 Å². The van der Waals surface area contributed by atoms with Gasteiger partial charge in [-0.3, -0.25) is 0 Å². The maximum absolute atomic E-state index is 13.4. The van der Waals surface area contributed by atoms with Gasteiger partial charge in [0, 0.05) is 0 Å². The Morgan fingerprint density at radius 2 is 1.63 bits per heavy atom. The van der Waals surface area contributed by atoms with Crippen molar-refractivity contribution < 1.29 is 36.7 Å². The average Bonchev–Trinajstić information content (AvgIpc) is 2.77. The van der Waals surface area contributed by atoms with Crippen LogP contribution in [0, 0.1) is 0 Å². The number of amides is 1. The Morgan fingerprint density at radius 3 is 2.13 bits per heavy atom. The number of benzene rings is 1. The predicted molar refractivity (Wildman–Crippen MR) is 107 cm³/mol. The minimum atomic E-state index is -4.56. The topological polar surface area (TPSA) is 66.0 Å². The SMILES string of the molecule is CC(C)(C)OC(=O)NCCOc1cc(B2OC(C)(C)C(C)(C)O2)cc(C(F)(F)F)c1. The maximum Gasteiger partial charge on any atom is 0.494 e. The molecule has 0 radical (unpaired) electrons. The zero-order chi connectivity index (χ0) is 23.0. The van der Waals surface area contributed by atoms with E-state index in [1.807, 2.05) is 27.7 Å². The van der Waals surface area contributed by atoms with Crippen LogP contribution in [0.2, 0.25) is 0 Å². The zero-order valence-electron chi connectivity index (χ0n) is 18.4. The molecule has 0 saturated carbocycles. The van der Waals surface area contributed by atoms with Gasteiger partial charge in [-0.05, 0) is 72.1 Å². The Kier molecular flexibility index (Phi) is 6.73. The molecule has 1 fully saturated rings. The van der Waals surface area contributed by atoms with Crippen molar-refractivity contribution in [2.45, 2.75) is 71.4 Å². The van der Waals surface area contributed by atoms with Crippen molar-refractivity contribution in [3.05, 3.63) is 23.8 Å². The van der Waals surface area contributed by atoms with Crippen molar-refractivity contribution in [2.75, 3.05) is 13.2 Å². The van der Waals surface area contributed by atoms with Gasteiger partial charge in [-0.1, -0.05) is 0 Å². The average molecular weight is 431 g/mol. The van der Waals surface area contributed by atoms with Crippen molar-refractivity contribution in [3.8, 4) is 5.75 Å². The maximum atomic E-state index is 13.4. The van der Waals surface area contributed by atoms with Crippen LogP contribution >= 0.6 is 0 Å². The van der Waals surface area contributed by atoms with Crippen LogP contribution in [0.25, 0.3) is 0 Å². The van der Waals surface area contributed by atoms with Crippen LogP contribution in [-0.2, 0) is 20.2 Å². The Hall–Kier alpha value is -1.94. The van der Waals surface area contributed by atoms with E-state index in [4.69, 9.17) is 18.8 Å². The molecule has 1 aliphatic heterocycles. The van der Waals surface area contributed by atoms with Crippen LogP contribution in [0.4, 0.5) is 18.0 Å². The molecule has 0 bridgehead atoms. The highest BCUT2D eigenvalue weighted by molar-refractivity contribution is 6.62. The van der Waals surface area contributed by atoms with E-state index in [-0.39, 0.29) is 24.4 Å². The highest BCUT2D eigenvalue weighted by Crippen LogP contribution is 2.37. The van der Waals surface area contributed by atoms with Crippen molar-refractivity contribution in [3.63, 3.8) is 0 Å². The van der Waals surface area contributed by atoms with Crippen LogP contribution in [0.1, 0.15) is 54.0 Å². The monoisotopic (exact) mass is 431 g/mol. The van der Waals surface area contributed by atoms with Gasteiger partial charge in [-0.15, -0.1) is 0 Å². The van der Waals surface area contributed by atoms with E-state index >= 15 is 0 Å². The zero-order valence-corrected chi connectivity index (χ0v) is 18.4. The van der Waals surface area contributed by atoms with Gasteiger partial charge in [0.2, 0.25) is 0 Å². The first-order valence-corrected chi connectivity index (χ1v) is 9.68.